The number of imidazole rings is 1. The number of anilines is 1. The van der Waals surface area contributed by atoms with E-state index in [4.69, 9.17) is 11.6 Å². The zero-order valence-electron chi connectivity index (χ0n) is 10.2. The van der Waals surface area contributed by atoms with Crippen LogP contribution in [0.15, 0.2) is 24.3 Å². The van der Waals surface area contributed by atoms with Gasteiger partial charge < -0.3 is 11.6 Å². The van der Waals surface area contributed by atoms with Crippen LogP contribution in [-0.2, 0) is 0 Å². The van der Waals surface area contributed by atoms with E-state index in [1.165, 1.54) is 16.8 Å². The highest BCUT2D eigenvalue weighted by molar-refractivity contribution is 5.71. The van der Waals surface area contributed by atoms with Crippen molar-refractivity contribution < 1.29 is 8.78 Å². The molecule has 1 aliphatic rings. The first kappa shape index (κ1) is 12.0. The monoisotopic (exact) mass is 264 g/mol. The topological polar surface area (TPSA) is 69.9 Å². The van der Waals surface area contributed by atoms with Gasteiger partial charge in [0.25, 0.3) is 6.43 Å². The molecule has 19 heavy (non-hydrogen) atoms. The molecule has 0 atom stereocenters. The number of nitrogens with two attached hydrogens (primary N) is 2. The third-order valence-electron chi connectivity index (χ3n) is 3.33. The third kappa shape index (κ3) is 2.03. The van der Waals surface area contributed by atoms with E-state index in [0.717, 1.165) is 18.7 Å². The van der Waals surface area contributed by atoms with Crippen LogP contribution in [0.25, 0.3) is 11.3 Å². The largest absolute Gasteiger partial charge is 0.382 e. The molecular weight excluding hydrogens is 250 g/mol. The lowest BCUT2D eigenvalue weighted by atomic mass is 10.1. The molecule has 0 amide bonds. The van der Waals surface area contributed by atoms with Gasteiger partial charge in [-0.2, -0.15) is 0 Å². The second kappa shape index (κ2) is 4.22. The highest BCUT2D eigenvalue weighted by atomic mass is 19.3. The van der Waals surface area contributed by atoms with E-state index in [-0.39, 0.29) is 5.56 Å². The average molecular weight is 264 g/mol. The fourth-order valence-electron chi connectivity index (χ4n) is 2.13. The first-order valence-corrected chi connectivity index (χ1v) is 6.09. The molecular formula is C13H14F2N4. The van der Waals surface area contributed by atoms with Gasteiger partial charge in [-0.15, -0.1) is 0 Å². The Hall–Kier alpha value is -2.11. The van der Waals surface area contributed by atoms with Gasteiger partial charge in [0.2, 0.25) is 0 Å². The van der Waals surface area contributed by atoms with Crippen LogP contribution in [-0.4, -0.2) is 9.66 Å². The van der Waals surface area contributed by atoms with Gasteiger partial charge in [-0.3, -0.25) is 0 Å². The van der Waals surface area contributed by atoms with Crippen LogP contribution in [0.1, 0.15) is 36.6 Å². The number of hydrogen-bond donors (Lipinski definition) is 2. The van der Waals surface area contributed by atoms with E-state index in [1.54, 1.807) is 12.1 Å². The molecule has 1 saturated carbocycles. The summed E-state index contributed by atoms with van der Waals surface area (Å²) in [4.78, 5) is 4.41. The minimum atomic E-state index is -2.51. The van der Waals surface area contributed by atoms with Crippen molar-refractivity contribution in [1.29, 1.82) is 0 Å². The molecule has 1 aromatic heterocycles. The van der Waals surface area contributed by atoms with Crippen LogP contribution in [0.5, 0.6) is 0 Å². The summed E-state index contributed by atoms with van der Waals surface area (Å²) in [6, 6.07) is 6.06. The highest BCUT2D eigenvalue weighted by Gasteiger charge is 2.30. The summed E-state index contributed by atoms with van der Waals surface area (Å²) in [5.74, 6) is 7.25. The summed E-state index contributed by atoms with van der Waals surface area (Å²) < 4.78 is 26.8. The second-order valence-corrected chi connectivity index (χ2v) is 4.77. The predicted molar refractivity (Wildman–Crippen MR) is 69.2 cm³/mol. The van der Waals surface area contributed by atoms with E-state index in [1.807, 2.05) is 0 Å². The molecule has 1 aromatic carbocycles. The number of nitrogens with zero attached hydrogens (tertiary/aromatic N) is 2. The maximum absolute atomic E-state index is 12.7. The lowest BCUT2D eigenvalue weighted by Gasteiger charge is -2.03. The maximum atomic E-state index is 12.7. The molecule has 1 heterocycles. The quantitative estimate of drug-likeness (QED) is 0.837. The molecule has 1 aliphatic carbocycles. The molecule has 0 bridgehead atoms. The molecule has 0 unspecified atom stereocenters. The number of benzene rings is 1. The number of aromatic nitrogens is 2. The lowest BCUT2D eigenvalue weighted by Crippen LogP contribution is -2.14. The number of rotatable bonds is 3. The van der Waals surface area contributed by atoms with Crippen molar-refractivity contribution in [2.24, 2.45) is 0 Å². The van der Waals surface area contributed by atoms with Gasteiger partial charge in [-0.25, -0.2) is 18.4 Å². The Labute approximate surface area is 109 Å². The first-order chi connectivity index (χ1) is 9.08. The lowest BCUT2D eigenvalue weighted by molar-refractivity contribution is 0.151. The van der Waals surface area contributed by atoms with Crippen LogP contribution in [0.3, 0.4) is 0 Å². The summed E-state index contributed by atoms with van der Waals surface area (Å²) in [5.41, 5.74) is 6.92. The Morgan fingerprint density at radius 3 is 2.68 bits per heavy atom. The van der Waals surface area contributed by atoms with E-state index in [9.17, 15) is 8.78 Å². The van der Waals surface area contributed by atoms with Gasteiger partial charge in [0.05, 0.1) is 0 Å². The fourth-order valence-corrected chi connectivity index (χ4v) is 2.13. The van der Waals surface area contributed by atoms with Crippen molar-refractivity contribution in [1.82, 2.24) is 9.66 Å². The zero-order valence-corrected chi connectivity index (χ0v) is 10.2. The summed E-state index contributed by atoms with van der Waals surface area (Å²) in [7, 11) is 0. The summed E-state index contributed by atoms with van der Waals surface area (Å²) >= 11 is 0. The minimum absolute atomic E-state index is 0.0450. The van der Waals surface area contributed by atoms with Crippen molar-refractivity contribution in [2.45, 2.75) is 25.2 Å². The Bertz CT molecular complexity index is 617. The highest BCUT2D eigenvalue weighted by Crippen LogP contribution is 2.41. The molecule has 6 heteroatoms. The normalized spacial score (nSPS) is 15.1. The number of halogens is 2. The van der Waals surface area contributed by atoms with E-state index in [2.05, 4.69) is 4.98 Å². The third-order valence-corrected chi connectivity index (χ3v) is 3.33. The minimum Gasteiger partial charge on any atom is -0.382 e. The maximum Gasteiger partial charge on any atom is 0.263 e. The molecule has 0 saturated heterocycles. The summed E-state index contributed by atoms with van der Waals surface area (Å²) in [6.07, 6.45) is -0.419. The molecule has 0 aliphatic heterocycles. The number of hydrogen-bond acceptors (Lipinski definition) is 3. The van der Waals surface area contributed by atoms with Crippen LogP contribution in [0, 0.1) is 0 Å². The van der Waals surface area contributed by atoms with Crippen molar-refractivity contribution in [3.63, 3.8) is 0 Å². The Morgan fingerprint density at radius 2 is 2.05 bits per heavy atom. The molecule has 0 radical (unpaired) electrons. The molecule has 3 rings (SSSR count). The van der Waals surface area contributed by atoms with Gasteiger partial charge >= 0.3 is 0 Å². The molecule has 100 valence electrons. The molecule has 1 fully saturated rings. The van der Waals surface area contributed by atoms with Gasteiger partial charge in [0.15, 0.2) is 5.82 Å². The van der Waals surface area contributed by atoms with E-state index in [0.29, 0.717) is 23.0 Å². The predicted octanol–water partition coefficient (Wildman–Crippen LogP) is 2.66. The first-order valence-electron chi connectivity index (χ1n) is 6.09. The Balaban J connectivity index is 2.06. The van der Waals surface area contributed by atoms with Gasteiger partial charge in [0.1, 0.15) is 11.5 Å². The number of nitrogen functional groups attached to an aromatic ring is 2. The smallest absolute Gasteiger partial charge is 0.263 e. The van der Waals surface area contributed by atoms with E-state index >= 15 is 0 Å². The molecule has 4 N–H and O–H groups in total. The summed E-state index contributed by atoms with van der Waals surface area (Å²) in [6.45, 7) is 0. The summed E-state index contributed by atoms with van der Waals surface area (Å²) in [5, 5.41) is 0. The van der Waals surface area contributed by atoms with Crippen LogP contribution < -0.4 is 11.6 Å². The van der Waals surface area contributed by atoms with E-state index < -0.39 is 6.43 Å². The van der Waals surface area contributed by atoms with Crippen molar-refractivity contribution >= 4 is 5.82 Å². The van der Waals surface area contributed by atoms with Crippen molar-refractivity contribution in [3.05, 3.63) is 35.7 Å². The second-order valence-electron chi connectivity index (χ2n) is 4.77. The van der Waals surface area contributed by atoms with Crippen molar-refractivity contribution in [2.75, 3.05) is 11.6 Å². The Kier molecular flexibility index (Phi) is 2.66. The van der Waals surface area contributed by atoms with Gasteiger partial charge in [-0.05, 0) is 18.9 Å². The fraction of sp³-hybridized carbons (Fsp3) is 0.308. The molecule has 4 nitrogen and oxygen atoms in total. The van der Waals surface area contributed by atoms with Crippen LogP contribution in [0.2, 0.25) is 0 Å². The van der Waals surface area contributed by atoms with Crippen LogP contribution >= 0.6 is 0 Å². The van der Waals surface area contributed by atoms with Gasteiger partial charge in [-0.1, -0.05) is 18.2 Å². The SMILES string of the molecule is Nc1c(-c2cccc(C(F)F)c2)nc(C2CC2)n1N. The Morgan fingerprint density at radius 1 is 1.32 bits per heavy atom. The standard InChI is InChI=1S/C13H14F2N4/c14-11(15)9-3-1-2-8(6-9)10-12(16)19(17)13(18-10)7-4-5-7/h1-3,6-7,11H,4-5,16-17H2. The molecule has 2 aromatic rings. The van der Waals surface area contributed by atoms with Crippen molar-refractivity contribution in [3.8, 4) is 11.3 Å². The van der Waals surface area contributed by atoms with Crippen LogP contribution in [0.4, 0.5) is 14.6 Å². The average Bonchev–Trinajstić information content (AvgIpc) is 3.19. The molecule has 0 spiro atoms. The zero-order chi connectivity index (χ0) is 13.6. The number of alkyl halides is 2. The van der Waals surface area contributed by atoms with Gasteiger partial charge in [0, 0.05) is 17.0 Å².